The minimum absolute atomic E-state index is 0.214. The number of aliphatic hydroxyl groups excluding tert-OH is 1. The van der Waals surface area contributed by atoms with E-state index in [0.717, 1.165) is 24.4 Å². The summed E-state index contributed by atoms with van der Waals surface area (Å²) >= 11 is 0. The average Bonchev–Trinajstić information content (AvgIpc) is 2.42. The number of nitrogens with one attached hydrogen (secondary N) is 1. The van der Waals surface area contributed by atoms with Crippen LogP contribution in [-0.2, 0) is 0 Å². The van der Waals surface area contributed by atoms with Crippen molar-refractivity contribution in [1.29, 1.82) is 0 Å². The van der Waals surface area contributed by atoms with Gasteiger partial charge in [0.1, 0.15) is 18.5 Å². The summed E-state index contributed by atoms with van der Waals surface area (Å²) in [5.41, 5.74) is 6.31. The van der Waals surface area contributed by atoms with Crippen LogP contribution in [0.1, 0.15) is 26.2 Å². The van der Waals surface area contributed by atoms with E-state index in [1.165, 1.54) is 12.8 Å². The van der Waals surface area contributed by atoms with E-state index in [9.17, 15) is 5.11 Å². The van der Waals surface area contributed by atoms with E-state index >= 15 is 0 Å². The minimum Gasteiger partial charge on any atom is -0.489 e. The first kappa shape index (κ1) is 14.8. The predicted molar refractivity (Wildman–Crippen MR) is 75.0 cm³/mol. The SMILES string of the molecule is CCCCCNc1ccccc1OCC(O)CN. The minimum atomic E-state index is -0.613. The Morgan fingerprint density at radius 3 is 2.83 bits per heavy atom. The Hall–Kier alpha value is -1.26. The van der Waals surface area contributed by atoms with Crippen molar-refractivity contribution in [1.82, 2.24) is 0 Å². The average molecular weight is 252 g/mol. The lowest BCUT2D eigenvalue weighted by Gasteiger charge is -2.15. The maximum atomic E-state index is 9.39. The predicted octanol–water partition coefficient (Wildman–Crippen LogP) is 1.99. The normalized spacial score (nSPS) is 12.2. The topological polar surface area (TPSA) is 67.5 Å². The number of ether oxygens (including phenoxy) is 1. The first-order chi connectivity index (χ1) is 8.77. The zero-order valence-electron chi connectivity index (χ0n) is 11.1. The van der Waals surface area contributed by atoms with Crippen LogP contribution in [0.4, 0.5) is 5.69 Å². The van der Waals surface area contributed by atoms with Gasteiger partial charge in [0.05, 0.1) is 5.69 Å². The van der Waals surface area contributed by atoms with Crippen molar-refractivity contribution in [2.45, 2.75) is 32.3 Å². The van der Waals surface area contributed by atoms with Crippen molar-refractivity contribution in [3.63, 3.8) is 0 Å². The number of hydrogen-bond donors (Lipinski definition) is 3. The van der Waals surface area contributed by atoms with E-state index in [4.69, 9.17) is 10.5 Å². The Bertz CT molecular complexity index is 331. The van der Waals surface area contributed by atoms with Crippen molar-refractivity contribution in [2.75, 3.05) is 25.0 Å². The molecule has 0 heterocycles. The fraction of sp³-hybridized carbons (Fsp3) is 0.571. The summed E-state index contributed by atoms with van der Waals surface area (Å²) in [6, 6.07) is 7.76. The number of aliphatic hydroxyl groups is 1. The maximum absolute atomic E-state index is 9.39. The van der Waals surface area contributed by atoms with E-state index in [0.29, 0.717) is 0 Å². The molecule has 1 rings (SSSR count). The number of nitrogens with two attached hydrogens (primary N) is 1. The number of anilines is 1. The summed E-state index contributed by atoms with van der Waals surface area (Å²) < 4.78 is 5.55. The summed E-state index contributed by atoms with van der Waals surface area (Å²) in [7, 11) is 0. The van der Waals surface area contributed by atoms with Crippen LogP contribution in [0, 0.1) is 0 Å². The molecule has 0 aromatic heterocycles. The van der Waals surface area contributed by atoms with Crippen LogP contribution in [0.15, 0.2) is 24.3 Å². The summed E-state index contributed by atoms with van der Waals surface area (Å²) in [5, 5.41) is 12.7. The standard InChI is InChI=1S/C14H24N2O2/c1-2-3-6-9-16-13-7-4-5-8-14(13)18-11-12(17)10-15/h4-5,7-8,12,16-17H,2-3,6,9-11,15H2,1H3. The molecule has 4 N–H and O–H groups in total. The van der Waals surface area contributed by atoms with E-state index in [1.807, 2.05) is 24.3 Å². The Morgan fingerprint density at radius 1 is 1.33 bits per heavy atom. The molecule has 0 amide bonds. The van der Waals surface area contributed by atoms with Gasteiger partial charge in [0.25, 0.3) is 0 Å². The van der Waals surface area contributed by atoms with Gasteiger partial charge in [-0.3, -0.25) is 0 Å². The molecule has 1 aromatic carbocycles. The zero-order chi connectivity index (χ0) is 13.2. The molecule has 1 atom stereocenters. The third-order valence-corrected chi connectivity index (χ3v) is 2.69. The fourth-order valence-electron chi connectivity index (χ4n) is 1.59. The van der Waals surface area contributed by atoms with Gasteiger partial charge in [-0.05, 0) is 18.6 Å². The molecule has 0 aliphatic rings. The van der Waals surface area contributed by atoms with Gasteiger partial charge in [0, 0.05) is 13.1 Å². The molecule has 4 nitrogen and oxygen atoms in total. The second-order valence-corrected chi connectivity index (χ2v) is 4.33. The molecule has 0 spiro atoms. The molecular formula is C14H24N2O2. The van der Waals surface area contributed by atoms with Gasteiger partial charge < -0.3 is 20.9 Å². The lowest BCUT2D eigenvalue weighted by Crippen LogP contribution is -2.26. The number of rotatable bonds is 9. The molecule has 18 heavy (non-hydrogen) atoms. The Balaban J connectivity index is 2.45. The molecular weight excluding hydrogens is 228 g/mol. The number of hydrogen-bond acceptors (Lipinski definition) is 4. The molecule has 4 heteroatoms. The van der Waals surface area contributed by atoms with Gasteiger partial charge in [-0.2, -0.15) is 0 Å². The van der Waals surface area contributed by atoms with Crippen LogP contribution in [0.5, 0.6) is 5.75 Å². The van der Waals surface area contributed by atoms with Crippen molar-refractivity contribution >= 4 is 5.69 Å². The fourth-order valence-corrected chi connectivity index (χ4v) is 1.59. The van der Waals surface area contributed by atoms with Crippen LogP contribution in [0.3, 0.4) is 0 Å². The monoisotopic (exact) mass is 252 g/mol. The highest BCUT2D eigenvalue weighted by atomic mass is 16.5. The molecule has 1 aromatic rings. The van der Waals surface area contributed by atoms with Gasteiger partial charge in [-0.25, -0.2) is 0 Å². The molecule has 0 saturated carbocycles. The Kier molecular flexibility index (Phi) is 7.22. The van der Waals surface area contributed by atoms with Crippen molar-refractivity contribution in [3.05, 3.63) is 24.3 Å². The third kappa shape index (κ3) is 5.38. The second-order valence-electron chi connectivity index (χ2n) is 4.33. The first-order valence-electron chi connectivity index (χ1n) is 6.61. The van der Waals surface area contributed by atoms with Gasteiger partial charge in [0.15, 0.2) is 0 Å². The van der Waals surface area contributed by atoms with Gasteiger partial charge in [0.2, 0.25) is 0 Å². The van der Waals surface area contributed by atoms with Crippen LogP contribution < -0.4 is 15.8 Å². The lowest BCUT2D eigenvalue weighted by molar-refractivity contribution is 0.114. The van der Waals surface area contributed by atoms with Gasteiger partial charge in [-0.1, -0.05) is 31.9 Å². The summed E-state index contributed by atoms with van der Waals surface area (Å²) in [6.45, 7) is 3.56. The molecule has 0 saturated heterocycles. The maximum Gasteiger partial charge on any atom is 0.142 e. The molecule has 0 bridgehead atoms. The number of para-hydroxylation sites is 2. The van der Waals surface area contributed by atoms with Gasteiger partial charge in [-0.15, -0.1) is 0 Å². The summed E-state index contributed by atoms with van der Waals surface area (Å²) in [6.07, 6.45) is 2.97. The number of benzene rings is 1. The van der Waals surface area contributed by atoms with E-state index in [2.05, 4.69) is 12.2 Å². The highest BCUT2D eigenvalue weighted by molar-refractivity contribution is 5.56. The van der Waals surface area contributed by atoms with E-state index < -0.39 is 6.10 Å². The Labute approximate surface area is 109 Å². The quantitative estimate of drug-likeness (QED) is 0.588. The number of unbranched alkanes of at least 4 members (excludes halogenated alkanes) is 2. The summed E-state index contributed by atoms with van der Waals surface area (Å²) in [5.74, 6) is 0.765. The largest absolute Gasteiger partial charge is 0.489 e. The molecule has 1 unspecified atom stereocenters. The molecule has 102 valence electrons. The first-order valence-corrected chi connectivity index (χ1v) is 6.61. The molecule has 0 radical (unpaired) electrons. The van der Waals surface area contributed by atoms with Crippen molar-refractivity contribution < 1.29 is 9.84 Å². The smallest absolute Gasteiger partial charge is 0.142 e. The summed E-state index contributed by atoms with van der Waals surface area (Å²) in [4.78, 5) is 0. The molecule has 0 aliphatic heterocycles. The second kappa shape index (κ2) is 8.78. The van der Waals surface area contributed by atoms with Crippen molar-refractivity contribution in [3.8, 4) is 5.75 Å². The highest BCUT2D eigenvalue weighted by Gasteiger charge is 2.05. The van der Waals surface area contributed by atoms with Crippen LogP contribution in [-0.4, -0.2) is 30.9 Å². The van der Waals surface area contributed by atoms with E-state index in [1.54, 1.807) is 0 Å². The lowest BCUT2D eigenvalue weighted by atomic mass is 10.2. The zero-order valence-corrected chi connectivity index (χ0v) is 11.1. The van der Waals surface area contributed by atoms with Gasteiger partial charge >= 0.3 is 0 Å². The van der Waals surface area contributed by atoms with Crippen LogP contribution >= 0.6 is 0 Å². The third-order valence-electron chi connectivity index (χ3n) is 2.69. The molecule has 0 fully saturated rings. The van der Waals surface area contributed by atoms with E-state index in [-0.39, 0.29) is 13.2 Å². The highest BCUT2D eigenvalue weighted by Crippen LogP contribution is 2.23. The van der Waals surface area contributed by atoms with Crippen LogP contribution in [0.2, 0.25) is 0 Å². The van der Waals surface area contributed by atoms with Crippen molar-refractivity contribution in [2.24, 2.45) is 5.73 Å². The Morgan fingerprint density at radius 2 is 2.11 bits per heavy atom. The molecule has 0 aliphatic carbocycles. The van der Waals surface area contributed by atoms with Crippen LogP contribution in [0.25, 0.3) is 0 Å².